The van der Waals surface area contributed by atoms with Gasteiger partial charge in [0, 0.05) is 11.5 Å². The second-order valence-corrected chi connectivity index (χ2v) is 4.57. The van der Waals surface area contributed by atoms with Gasteiger partial charge in [-0.2, -0.15) is 0 Å². The van der Waals surface area contributed by atoms with Gasteiger partial charge in [0.2, 0.25) is 0 Å². The zero-order chi connectivity index (χ0) is 12.3. The van der Waals surface area contributed by atoms with E-state index in [0.29, 0.717) is 17.5 Å². The molecule has 0 amide bonds. The molecule has 17 heavy (non-hydrogen) atoms. The highest BCUT2D eigenvalue weighted by molar-refractivity contribution is 6.33. The highest BCUT2D eigenvalue weighted by Crippen LogP contribution is 2.31. The average Bonchev–Trinajstić information content (AvgIpc) is 2.79. The number of rotatable bonds is 4. The molecule has 0 aliphatic rings. The third-order valence-corrected chi connectivity index (χ3v) is 3.18. The van der Waals surface area contributed by atoms with E-state index in [1.54, 1.807) is 0 Å². The van der Waals surface area contributed by atoms with E-state index in [1.807, 2.05) is 36.4 Å². The standard InChI is InChI=1S/C14H16ClNO/c1-10(8-9-16)13-6-7-14(17-13)11-4-2-3-5-12(11)15/h2-7,10H,8-9,16H2,1H3. The van der Waals surface area contributed by atoms with Gasteiger partial charge in [0.1, 0.15) is 11.5 Å². The van der Waals surface area contributed by atoms with Crippen LogP contribution in [0.1, 0.15) is 25.0 Å². The molecule has 1 aromatic heterocycles. The molecule has 0 aliphatic heterocycles. The topological polar surface area (TPSA) is 39.2 Å². The Bertz CT molecular complexity index is 492. The molecule has 1 atom stereocenters. The molecule has 0 saturated heterocycles. The molecule has 0 radical (unpaired) electrons. The van der Waals surface area contributed by atoms with Crippen molar-refractivity contribution in [2.24, 2.45) is 5.73 Å². The summed E-state index contributed by atoms with van der Waals surface area (Å²) in [6, 6.07) is 11.6. The molecule has 0 aliphatic carbocycles. The molecule has 2 nitrogen and oxygen atoms in total. The van der Waals surface area contributed by atoms with Crippen LogP contribution in [0.15, 0.2) is 40.8 Å². The first-order valence-corrected chi connectivity index (χ1v) is 6.15. The normalized spacial score (nSPS) is 12.6. The van der Waals surface area contributed by atoms with Crippen LogP contribution in [-0.4, -0.2) is 6.54 Å². The van der Waals surface area contributed by atoms with E-state index in [-0.39, 0.29) is 0 Å². The van der Waals surface area contributed by atoms with Gasteiger partial charge in [-0.15, -0.1) is 0 Å². The Morgan fingerprint density at radius 2 is 2.00 bits per heavy atom. The van der Waals surface area contributed by atoms with Crippen molar-refractivity contribution < 1.29 is 4.42 Å². The van der Waals surface area contributed by atoms with Crippen LogP contribution < -0.4 is 5.73 Å². The van der Waals surface area contributed by atoms with Crippen molar-refractivity contribution in [1.82, 2.24) is 0 Å². The second kappa shape index (κ2) is 5.39. The fourth-order valence-corrected chi connectivity index (χ4v) is 2.04. The summed E-state index contributed by atoms with van der Waals surface area (Å²) < 4.78 is 5.82. The van der Waals surface area contributed by atoms with E-state index in [2.05, 4.69) is 6.92 Å². The fraction of sp³-hybridized carbons (Fsp3) is 0.286. The lowest BCUT2D eigenvalue weighted by molar-refractivity contribution is 0.474. The molecule has 1 aromatic carbocycles. The van der Waals surface area contributed by atoms with Gasteiger partial charge >= 0.3 is 0 Å². The predicted octanol–water partition coefficient (Wildman–Crippen LogP) is 4.05. The molecular formula is C14H16ClNO. The number of halogens is 1. The Kier molecular flexibility index (Phi) is 3.87. The number of furan rings is 1. The maximum atomic E-state index is 6.13. The summed E-state index contributed by atoms with van der Waals surface area (Å²) >= 11 is 6.13. The smallest absolute Gasteiger partial charge is 0.135 e. The lowest BCUT2D eigenvalue weighted by atomic mass is 10.1. The van der Waals surface area contributed by atoms with E-state index in [4.69, 9.17) is 21.8 Å². The van der Waals surface area contributed by atoms with E-state index < -0.39 is 0 Å². The molecule has 90 valence electrons. The molecule has 0 spiro atoms. The lowest BCUT2D eigenvalue weighted by Crippen LogP contribution is -2.03. The molecule has 2 aromatic rings. The van der Waals surface area contributed by atoms with E-state index in [9.17, 15) is 0 Å². The summed E-state index contributed by atoms with van der Waals surface area (Å²) in [6.07, 6.45) is 0.926. The third kappa shape index (κ3) is 2.71. The Morgan fingerprint density at radius 3 is 2.71 bits per heavy atom. The first-order chi connectivity index (χ1) is 8.22. The summed E-state index contributed by atoms with van der Waals surface area (Å²) in [4.78, 5) is 0. The Morgan fingerprint density at radius 1 is 1.24 bits per heavy atom. The Labute approximate surface area is 106 Å². The van der Waals surface area contributed by atoms with Gasteiger partial charge in [-0.25, -0.2) is 0 Å². The minimum atomic E-state index is 0.344. The van der Waals surface area contributed by atoms with Crippen molar-refractivity contribution >= 4 is 11.6 Å². The number of benzene rings is 1. The van der Waals surface area contributed by atoms with Gasteiger partial charge in [0.25, 0.3) is 0 Å². The van der Waals surface area contributed by atoms with E-state index in [1.165, 1.54) is 0 Å². The Balaban J connectivity index is 2.27. The molecule has 1 unspecified atom stereocenters. The van der Waals surface area contributed by atoms with E-state index in [0.717, 1.165) is 23.5 Å². The zero-order valence-electron chi connectivity index (χ0n) is 9.82. The maximum Gasteiger partial charge on any atom is 0.135 e. The molecular weight excluding hydrogens is 234 g/mol. The van der Waals surface area contributed by atoms with Gasteiger partial charge in [-0.05, 0) is 37.2 Å². The van der Waals surface area contributed by atoms with Gasteiger partial charge in [0.05, 0.1) is 5.02 Å². The summed E-state index contributed by atoms with van der Waals surface area (Å²) in [6.45, 7) is 2.78. The van der Waals surface area contributed by atoms with Crippen molar-refractivity contribution in [3.05, 3.63) is 47.2 Å². The van der Waals surface area contributed by atoms with Crippen LogP contribution in [0.25, 0.3) is 11.3 Å². The Hall–Kier alpha value is -1.25. The van der Waals surface area contributed by atoms with Crippen molar-refractivity contribution in [1.29, 1.82) is 0 Å². The minimum absolute atomic E-state index is 0.344. The lowest BCUT2D eigenvalue weighted by Gasteiger charge is -2.06. The zero-order valence-corrected chi connectivity index (χ0v) is 10.6. The van der Waals surface area contributed by atoms with Crippen molar-refractivity contribution in [3.8, 4) is 11.3 Å². The van der Waals surface area contributed by atoms with E-state index >= 15 is 0 Å². The van der Waals surface area contributed by atoms with Crippen LogP contribution in [0.5, 0.6) is 0 Å². The van der Waals surface area contributed by atoms with Gasteiger partial charge < -0.3 is 10.2 Å². The molecule has 0 fully saturated rings. The van der Waals surface area contributed by atoms with Crippen LogP contribution in [-0.2, 0) is 0 Å². The maximum absolute atomic E-state index is 6.13. The monoisotopic (exact) mass is 249 g/mol. The molecule has 0 saturated carbocycles. The van der Waals surface area contributed by atoms with Crippen molar-refractivity contribution in [3.63, 3.8) is 0 Å². The van der Waals surface area contributed by atoms with Crippen LogP contribution in [0.3, 0.4) is 0 Å². The van der Waals surface area contributed by atoms with Crippen LogP contribution in [0, 0.1) is 0 Å². The largest absolute Gasteiger partial charge is 0.461 e. The fourth-order valence-electron chi connectivity index (χ4n) is 1.82. The quantitative estimate of drug-likeness (QED) is 0.888. The SMILES string of the molecule is CC(CCN)c1ccc(-c2ccccc2Cl)o1. The summed E-state index contributed by atoms with van der Waals surface area (Å²) in [5.74, 6) is 2.12. The summed E-state index contributed by atoms with van der Waals surface area (Å²) in [5, 5.41) is 0.708. The van der Waals surface area contributed by atoms with Crippen LogP contribution in [0.2, 0.25) is 5.02 Å². The van der Waals surface area contributed by atoms with Crippen molar-refractivity contribution in [2.45, 2.75) is 19.3 Å². The summed E-state index contributed by atoms with van der Waals surface area (Å²) in [7, 11) is 0. The predicted molar refractivity (Wildman–Crippen MR) is 71.2 cm³/mol. The highest BCUT2D eigenvalue weighted by atomic mass is 35.5. The average molecular weight is 250 g/mol. The summed E-state index contributed by atoms with van der Waals surface area (Å²) in [5.41, 5.74) is 6.48. The first kappa shape index (κ1) is 12.2. The molecule has 1 heterocycles. The van der Waals surface area contributed by atoms with Gasteiger partial charge in [-0.1, -0.05) is 30.7 Å². The second-order valence-electron chi connectivity index (χ2n) is 4.16. The molecule has 3 heteroatoms. The van der Waals surface area contributed by atoms with Crippen molar-refractivity contribution in [2.75, 3.05) is 6.54 Å². The molecule has 2 N–H and O–H groups in total. The van der Waals surface area contributed by atoms with Gasteiger partial charge in [0.15, 0.2) is 0 Å². The first-order valence-electron chi connectivity index (χ1n) is 5.77. The third-order valence-electron chi connectivity index (χ3n) is 2.85. The van der Waals surface area contributed by atoms with Gasteiger partial charge in [-0.3, -0.25) is 0 Å². The molecule has 2 rings (SSSR count). The highest BCUT2D eigenvalue weighted by Gasteiger charge is 2.12. The number of nitrogens with two attached hydrogens (primary N) is 1. The number of hydrogen-bond donors (Lipinski definition) is 1. The minimum Gasteiger partial charge on any atom is -0.461 e. The number of hydrogen-bond acceptors (Lipinski definition) is 2. The molecule has 0 bridgehead atoms. The van der Waals surface area contributed by atoms with Crippen LogP contribution in [0.4, 0.5) is 0 Å². The van der Waals surface area contributed by atoms with Crippen LogP contribution >= 0.6 is 11.6 Å².